The summed E-state index contributed by atoms with van der Waals surface area (Å²) in [6, 6.07) is 15.7. The molecule has 0 aliphatic heterocycles. The van der Waals surface area contributed by atoms with E-state index in [2.05, 4.69) is 29.1 Å². The maximum atomic E-state index is 12.4. The number of carbonyl (C=O) groups is 1. The number of nitrogens with zero attached hydrogens (tertiary/aromatic N) is 1. The van der Waals surface area contributed by atoms with Gasteiger partial charge >= 0.3 is 0 Å². The van der Waals surface area contributed by atoms with Gasteiger partial charge < -0.3 is 15.0 Å². The Labute approximate surface area is 160 Å². The van der Waals surface area contributed by atoms with E-state index in [-0.39, 0.29) is 17.9 Å². The van der Waals surface area contributed by atoms with Gasteiger partial charge in [0, 0.05) is 6.42 Å². The lowest BCUT2D eigenvalue weighted by Gasteiger charge is -2.20. The Morgan fingerprint density at radius 2 is 2.00 bits per heavy atom. The van der Waals surface area contributed by atoms with Gasteiger partial charge in [-0.25, -0.2) is 4.98 Å². The SMILES string of the molecule is Cc1cccc(OCCCC(=O)N[C@H](c2nc3ccccc3[nH]2)C(C)C)c1. The molecule has 1 aromatic heterocycles. The van der Waals surface area contributed by atoms with Gasteiger partial charge in [-0.1, -0.05) is 38.1 Å². The highest BCUT2D eigenvalue weighted by atomic mass is 16.5. The summed E-state index contributed by atoms with van der Waals surface area (Å²) in [4.78, 5) is 20.4. The van der Waals surface area contributed by atoms with E-state index in [4.69, 9.17) is 4.74 Å². The van der Waals surface area contributed by atoms with Crippen LogP contribution in [0.5, 0.6) is 5.75 Å². The smallest absolute Gasteiger partial charge is 0.220 e. The second-order valence-corrected chi connectivity index (χ2v) is 7.20. The van der Waals surface area contributed by atoms with E-state index in [1.165, 1.54) is 0 Å². The molecule has 3 aromatic rings. The first-order valence-electron chi connectivity index (χ1n) is 9.46. The van der Waals surface area contributed by atoms with Crippen molar-refractivity contribution in [1.29, 1.82) is 0 Å². The van der Waals surface area contributed by atoms with E-state index < -0.39 is 0 Å². The molecule has 0 saturated heterocycles. The Balaban J connectivity index is 1.52. The van der Waals surface area contributed by atoms with Crippen LogP contribution in [-0.2, 0) is 4.79 Å². The van der Waals surface area contributed by atoms with E-state index in [9.17, 15) is 4.79 Å². The van der Waals surface area contributed by atoms with Crippen molar-refractivity contribution in [3.63, 3.8) is 0 Å². The number of carbonyl (C=O) groups excluding carboxylic acids is 1. The quantitative estimate of drug-likeness (QED) is 0.576. The summed E-state index contributed by atoms with van der Waals surface area (Å²) in [5, 5.41) is 3.11. The number of fused-ring (bicyclic) bond motifs is 1. The molecule has 142 valence electrons. The largest absolute Gasteiger partial charge is 0.494 e. The van der Waals surface area contributed by atoms with Crippen molar-refractivity contribution in [2.24, 2.45) is 5.92 Å². The summed E-state index contributed by atoms with van der Waals surface area (Å²) in [6.45, 7) is 6.72. The van der Waals surface area contributed by atoms with Gasteiger partial charge in [-0.15, -0.1) is 0 Å². The molecular formula is C22H27N3O2. The fourth-order valence-corrected chi connectivity index (χ4v) is 3.04. The Morgan fingerprint density at radius 3 is 2.74 bits per heavy atom. The summed E-state index contributed by atoms with van der Waals surface area (Å²) in [6.07, 6.45) is 1.10. The standard InChI is InChI=1S/C22H27N3O2/c1-15(2)21(22-23-18-10-4-5-11-19(18)24-22)25-20(26)12-7-13-27-17-9-6-8-16(3)14-17/h4-6,8-11,14-15,21H,7,12-13H2,1-3H3,(H,23,24)(H,25,26)/t21-/m0/s1. The lowest BCUT2D eigenvalue weighted by molar-refractivity contribution is -0.122. The van der Waals surface area contributed by atoms with Crippen LogP contribution in [0.25, 0.3) is 11.0 Å². The van der Waals surface area contributed by atoms with Gasteiger partial charge in [0.15, 0.2) is 0 Å². The lowest BCUT2D eigenvalue weighted by atomic mass is 10.0. The van der Waals surface area contributed by atoms with Crippen LogP contribution in [0.4, 0.5) is 0 Å². The Hall–Kier alpha value is -2.82. The van der Waals surface area contributed by atoms with Crippen molar-refractivity contribution in [3.8, 4) is 5.75 Å². The fourth-order valence-electron chi connectivity index (χ4n) is 3.04. The van der Waals surface area contributed by atoms with Gasteiger partial charge in [-0.2, -0.15) is 0 Å². The number of amides is 1. The molecule has 5 nitrogen and oxygen atoms in total. The number of para-hydroxylation sites is 2. The third-order valence-electron chi connectivity index (χ3n) is 4.49. The summed E-state index contributed by atoms with van der Waals surface area (Å²) in [5.41, 5.74) is 3.06. The van der Waals surface area contributed by atoms with Crippen LogP contribution in [0.1, 0.15) is 44.1 Å². The minimum Gasteiger partial charge on any atom is -0.494 e. The number of rotatable bonds is 8. The number of benzene rings is 2. The summed E-state index contributed by atoms with van der Waals surface area (Å²) in [5.74, 6) is 1.90. The van der Waals surface area contributed by atoms with Crippen LogP contribution < -0.4 is 10.1 Å². The highest BCUT2D eigenvalue weighted by Crippen LogP contribution is 2.22. The van der Waals surface area contributed by atoms with Gasteiger partial charge in [0.05, 0.1) is 23.7 Å². The van der Waals surface area contributed by atoms with Crippen LogP contribution in [0.2, 0.25) is 0 Å². The molecule has 2 N–H and O–H groups in total. The molecule has 0 unspecified atom stereocenters. The number of hydrogen-bond acceptors (Lipinski definition) is 3. The molecule has 0 aliphatic carbocycles. The maximum Gasteiger partial charge on any atom is 0.220 e. The van der Waals surface area contributed by atoms with Crippen LogP contribution in [0.3, 0.4) is 0 Å². The zero-order chi connectivity index (χ0) is 19.2. The summed E-state index contributed by atoms with van der Waals surface area (Å²) in [7, 11) is 0. The fraction of sp³-hybridized carbons (Fsp3) is 0.364. The number of aromatic nitrogens is 2. The summed E-state index contributed by atoms with van der Waals surface area (Å²) >= 11 is 0. The maximum absolute atomic E-state index is 12.4. The molecule has 1 atom stereocenters. The predicted octanol–water partition coefficient (Wildman–Crippen LogP) is 4.54. The van der Waals surface area contributed by atoms with Crippen molar-refractivity contribution in [2.45, 2.75) is 39.7 Å². The molecule has 3 rings (SSSR count). The molecular weight excluding hydrogens is 338 g/mol. The number of aromatic amines is 1. The van der Waals surface area contributed by atoms with Crippen LogP contribution in [0.15, 0.2) is 48.5 Å². The van der Waals surface area contributed by atoms with Crippen molar-refractivity contribution in [3.05, 3.63) is 59.9 Å². The van der Waals surface area contributed by atoms with Gasteiger partial charge in [0.25, 0.3) is 0 Å². The van der Waals surface area contributed by atoms with Gasteiger partial charge in [0.1, 0.15) is 11.6 Å². The predicted molar refractivity (Wildman–Crippen MR) is 108 cm³/mol. The number of aryl methyl sites for hydroxylation is 1. The second-order valence-electron chi connectivity index (χ2n) is 7.20. The molecule has 0 saturated carbocycles. The van der Waals surface area contributed by atoms with E-state index in [1.54, 1.807) is 0 Å². The monoisotopic (exact) mass is 365 g/mol. The molecule has 0 fully saturated rings. The average Bonchev–Trinajstić information content (AvgIpc) is 3.07. The normalized spacial score (nSPS) is 12.3. The van der Waals surface area contributed by atoms with Gasteiger partial charge in [-0.3, -0.25) is 4.79 Å². The first kappa shape index (κ1) is 19.0. The van der Waals surface area contributed by atoms with Crippen LogP contribution >= 0.6 is 0 Å². The molecule has 0 radical (unpaired) electrons. The molecule has 2 aromatic carbocycles. The second kappa shape index (κ2) is 8.71. The van der Waals surface area contributed by atoms with Gasteiger partial charge in [-0.05, 0) is 49.1 Å². The molecule has 27 heavy (non-hydrogen) atoms. The lowest BCUT2D eigenvalue weighted by Crippen LogP contribution is -2.32. The van der Waals surface area contributed by atoms with E-state index in [0.717, 1.165) is 28.2 Å². The first-order chi connectivity index (χ1) is 13.0. The van der Waals surface area contributed by atoms with Crippen LogP contribution in [0, 0.1) is 12.8 Å². The highest BCUT2D eigenvalue weighted by molar-refractivity contribution is 5.77. The van der Waals surface area contributed by atoms with Crippen molar-refractivity contribution >= 4 is 16.9 Å². The van der Waals surface area contributed by atoms with Crippen molar-refractivity contribution in [2.75, 3.05) is 6.61 Å². The number of H-pyrrole nitrogens is 1. The summed E-state index contributed by atoms with van der Waals surface area (Å²) < 4.78 is 5.72. The van der Waals surface area contributed by atoms with Gasteiger partial charge in [0.2, 0.25) is 5.91 Å². The molecule has 0 bridgehead atoms. The van der Waals surface area contributed by atoms with E-state index in [1.807, 2.05) is 55.5 Å². The minimum absolute atomic E-state index is 0.0157. The van der Waals surface area contributed by atoms with E-state index in [0.29, 0.717) is 19.4 Å². The number of nitrogens with one attached hydrogen (secondary N) is 2. The Kier molecular flexibility index (Phi) is 6.12. The van der Waals surface area contributed by atoms with Crippen molar-refractivity contribution < 1.29 is 9.53 Å². The molecule has 0 spiro atoms. The minimum atomic E-state index is -0.136. The highest BCUT2D eigenvalue weighted by Gasteiger charge is 2.21. The van der Waals surface area contributed by atoms with Crippen molar-refractivity contribution in [1.82, 2.24) is 15.3 Å². The zero-order valence-corrected chi connectivity index (χ0v) is 16.2. The van der Waals surface area contributed by atoms with E-state index >= 15 is 0 Å². The third-order valence-corrected chi connectivity index (χ3v) is 4.49. The third kappa shape index (κ3) is 5.09. The zero-order valence-electron chi connectivity index (χ0n) is 16.2. The molecule has 0 aliphatic rings. The molecule has 1 heterocycles. The molecule has 1 amide bonds. The molecule has 5 heteroatoms. The Bertz CT molecular complexity index is 868. The number of ether oxygens (including phenoxy) is 1. The number of imidazole rings is 1. The topological polar surface area (TPSA) is 67.0 Å². The Morgan fingerprint density at radius 1 is 1.19 bits per heavy atom. The first-order valence-corrected chi connectivity index (χ1v) is 9.46. The van der Waals surface area contributed by atoms with Crippen LogP contribution in [-0.4, -0.2) is 22.5 Å². The average molecular weight is 365 g/mol. The number of hydrogen-bond donors (Lipinski definition) is 2.